The Bertz CT molecular complexity index is 508. The number of para-hydroxylation sites is 1. The molecule has 0 saturated heterocycles. The summed E-state index contributed by atoms with van der Waals surface area (Å²) in [4.78, 5) is 6.93. The number of rotatable bonds is 7. The highest BCUT2D eigenvalue weighted by Gasteiger charge is 2.08. The number of hydrogen-bond acceptors (Lipinski definition) is 2. The molecule has 0 saturated carbocycles. The zero-order valence-electron chi connectivity index (χ0n) is 11.5. The highest BCUT2D eigenvalue weighted by molar-refractivity contribution is 6.18. The third kappa shape index (κ3) is 3.92. The number of hydrogen-bond donors (Lipinski definition) is 0. The number of fused-ring (bicyclic) bond motifs is 1. The maximum Gasteiger partial charge on any atom is 0.0746 e. The van der Waals surface area contributed by atoms with Crippen LogP contribution in [0.3, 0.4) is 0 Å². The predicted molar refractivity (Wildman–Crippen MR) is 82.6 cm³/mol. The third-order valence-corrected chi connectivity index (χ3v) is 3.51. The summed E-state index contributed by atoms with van der Waals surface area (Å²) in [5.41, 5.74) is 2.40. The molecule has 2 rings (SSSR count). The van der Waals surface area contributed by atoms with E-state index in [-0.39, 0.29) is 0 Å². The summed E-state index contributed by atoms with van der Waals surface area (Å²) in [5.74, 6) is 0.682. The van der Waals surface area contributed by atoms with Crippen LogP contribution >= 0.6 is 11.6 Å². The minimum atomic E-state index is 0.682. The van der Waals surface area contributed by atoms with Crippen LogP contribution in [0.4, 0.5) is 0 Å². The molecule has 0 aliphatic rings. The second kappa shape index (κ2) is 7.46. The van der Waals surface area contributed by atoms with E-state index in [0.717, 1.165) is 25.2 Å². The van der Waals surface area contributed by atoms with Crippen LogP contribution in [-0.4, -0.2) is 28.9 Å². The molecule has 0 radical (unpaired) electrons. The molecule has 102 valence electrons. The molecule has 0 aliphatic heterocycles. The van der Waals surface area contributed by atoms with Crippen LogP contribution in [0.2, 0.25) is 0 Å². The normalized spacial score (nSPS) is 11.3. The van der Waals surface area contributed by atoms with Crippen LogP contribution in [0, 0.1) is 0 Å². The van der Waals surface area contributed by atoms with Crippen LogP contribution < -0.4 is 0 Å². The molecular formula is C16H21ClN2. The Hall–Kier alpha value is -1.12. The fraction of sp³-hybridized carbons (Fsp3) is 0.438. The highest BCUT2D eigenvalue weighted by atomic mass is 35.5. The first-order chi connectivity index (χ1) is 9.35. The molecule has 0 bridgehead atoms. The smallest absolute Gasteiger partial charge is 0.0746 e. The lowest BCUT2D eigenvalue weighted by atomic mass is 10.1. The van der Waals surface area contributed by atoms with Crippen LogP contribution in [-0.2, 0) is 6.54 Å². The van der Waals surface area contributed by atoms with Gasteiger partial charge < -0.3 is 0 Å². The molecule has 1 heterocycles. The molecular weight excluding hydrogens is 256 g/mol. The average molecular weight is 277 g/mol. The first kappa shape index (κ1) is 14.3. The molecule has 19 heavy (non-hydrogen) atoms. The van der Waals surface area contributed by atoms with Crippen molar-refractivity contribution in [2.24, 2.45) is 0 Å². The number of pyridine rings is 1. The third-order valence-electron chi connectivity index (χ3n) is 3.34. The first-order valence-corrected chi connectivity index (χ1v) is 7.49. The Morgan fingerprint density at radius 2 is 2.00 bits per heavy atom. The number of alkyl halides is 1. The Balaban J connectivity index is 2.18. The first-order valence-electron chi connectivity index (χ1n) is 6.96. The average Bonchev–Trinajstić information content (AvgIpc) is 2.45. The Labute approximate surface area is 120 Å². The Morgan fingerprint density at radius 3 is 2.79 bits per heavy atom. The lowest BCUT2D eigenvalue weighted by molar-refractivity contribution is 0.278. The van der Waals surface area contributed by atoms with Crippen molar-refractivity contribution in [3.63, 3.8) is 0 Å². The van der Waals surface area contributed by atoms with E-state index in [2.05, 4.69) is 41.1 Å². The topological polar surface area (TPSA) is 16.1 Å². The van der Waals surface area contributed by atoms with Crippen molar-refractivity contribution >= 4 is 22.5 Å². The van der Waals surface area contributed by atoms with E-state index in [4.69, 9.17) is 11.6 Å². The molecule has 0 unspecified atom stereocenters. The Kier molecular flexibility index (Phi) is 5.62. The van der Waals surface area contributed by atoms with Gasteiger partial charge >= 0.3 is 0 Å². The predicted octanol–water partition coefficient (Wildman–Crippen LogP) is 4.08. The quantitative estimate of drug-likeness (QED) is 0.709. The summed E-state index contributed by atoms with van der Waals surface area (Å²) in [5, 5.41) is 1.21. The standard InChI is InChI=1S/C16H21ClN2/c1-2-3-11-19(12-9-17)13-15-7-4-6-14-8-5-10-18-16(14)15/h4-8,10H,2-3,9,11-13H2,1H3. The molecule has 0 atom stereocenters. The lowest BCUT2D eigenvalue weighted by Gasteiger charge is -2.21. The zero-order chi connectivity index (χ0) is 13.5. The molecule has 1 aromatic heterocycles. The number of nitrogens with zero attached hydrogens (tertiary/aromatic N) is 2. The van der Waals surface area contributed by atoms with Crippen molar-refractivity contribution < 1.29 is 0 Å². The molecule has 3 heteroatoms. The van der Waals surface area contributed by atoms with Crippen LogP contribution in [0.5, 0.6) is 0 Å². The summed E-state index contributed by atoms with van der Waals surface area (Å²) < 4.78 is 0. The van der Waals surface area contributed by atoms with Crippen molar-refractivity contribution in [1.29, 1.82) is 0 Å². The number of unbranched alkanes of at least 4 members (excludes halogenated alkanes) is 1. The van der Waals surface area contributed by atoms with E-state index in [1.807, 2.05) is 12.3 Å². The van der Waals surface area contributed by atoms with Gasteiger partial charge in [-0.15, -0.1) is 11.6 Å². The summed E-state index contributed by atoms with van der Waals surface area (Å²) in [6, 6.07) is 10.5. The summed E-state index contributed by atoms with van der Waals surface area (Å²) in [7, 11) is 0. The van der Waals surface area contributed by atoms with Crippen LogP contribution in [0.15, 0.2) is 36.5 Å². The minimum Gasteiger partial charge on any atom is -0.298 e. The zero-order valence-corrected chi connectivity index (χ0v) is 12.2. The molecule has 0 amide bonds. The fourth-order valence-corrected chi connectivity index (χ4v) is 2.55. The molecule has 0 aliphatic carbocycles. The number of aromatic nitrogens is 1. The summed E-state index contributed by atoms with van der Waals surface area (Å²) >= 11 is 5.90. The van der Waals surface area contributed by atoms with Gasteiger partial charge in [0.25, 0.3) is 0 Å². The van der Waals surface area contributed by atoms with Crippen LogP contribution in [0.25, 0.3) is 10.9 Å². The number of halogens is 1. The van der Waals surface area contributed by atoms with Crippen molar-refractivity contribution in [1.82, 2.24) is 9.88 Å². The molecule has 0 fully saturated rings. The van der Waals surface area contributed by atoms with E-state index < -0.39 is 0 Å². The van der Waals surface area contributed by atoms with E-state index in [1.54, 1.807) is 0 Å². The van der Waals surface area contributed by atoms with Crippen molar-refractivity contribution in [3.05, 3.63) is 42.1 Å². The molecule has 2 nitrogen and oxygen atoms in total. The summed E-state index contributed by atoms with van der Waals surface area (Å²) in [6.07, 6.45) is 4.30. The second-order valence-electron chi connectivity index (χ2n) is 4.81. The molecule has 1 aromatic carbocycles. The van der Waals surface area contributed by atoms with Gasteiger partial charge in [0.15, 0.2) is 0 Å². The fourth-order valence-electron chi connectivity index (χ4n) is 2.31. The van der Waals surface area contributed by atoms with Crippen molar-refractivity contribution in [2.75, 3.05) is 19.0 Å². The largest absolute Gasteiger partial charge is 0.298 e. The van der Waals surface area contributed by atoms with Gasteiger partial charge in [0.1, 0.15) is 0 Å². The maximum atomic E-state index is 5.90. The van der Waals surface area contributed by atoms with Crippen molar-refractivity contribution in [2.45, 2.75) is 26.3 Å². The number of benzene rings is 1. The highest BCUT2D eigenvalue weighted by Crippen LogP contribution is 2.17. The van der Waals surface area contributed by atoms with Gasteiger partial charge in [0.2, 0.25) is 0 Å². The van der Waals surface area contributed by atoms with E-state index in [0.29, 0.717) is 5.88 Å². The minimum absolute atomic E-state index is 0.682. The van der Waals surface area contributed by atoms with Gasteiger partial charge in [0, 0.05) is 30.6 Å². The molecule has 0 N–H and O–H groups in total. The lowest BCUT2D eigenvalue weighted by Crippen LogP contribution is -2.26. The van der Waals surface area contributed by atoms with E-state index >= 15 is 0 Å². The van der Waals surface area contributed by atoms with Gasteiger partial charge in [-0.2, -0.15) is 0 Å². The van der Waals surface area contributed by atoms with E-state index in [1.165, 1.54) is 23.8 Å². The van der Waals surface area contributed by atoms with Gasteiger partial charge in [-0.1, -0.05) is 37.6 Å². The SMILES string of the molecule is CCCCN(CCCl)Cc1cccc2cccnc12. The van der Waals surface area contributed by atoms with E-state index in [9.17, 15) is 0 Å². The van der Waals surface area contributed by atoms with Crippen LogP contribution in [0.1, 0.15) is 25.3 Å². The monoisotopic (exact) mass is 276 g/mol. The Morgan fingerprint density at radius 1 is 1.16 bits per heavy atom. The van der Waals surface area contributed by atoms with Crippen molar-refractivity contribution in [3.8, 4) is 0 Å². The van der Waals surface area contributed by atoms with Gasteiger partial charge in [-0.3, -0.25) is 9.88 Å². The summed E-state index contributed by atoms with van der Waals surface area (Å²) in [6.45, 7) is 5.19. The van der Waals surface area contributed by atoms with Gasteiger partial charge in [0.05, 0.1) is 5.52 Å². The molecule has 2 aromatic rings. The maximum absolute atomic E-state index is 5.90. The second-order valence-corrected chi connectivity index (χ2v) is 5.19. The molecule has 0 spiro atoms. The van der Waals surface area contributed by atoms with Gasteiger partial charge in [-0.05, 0) is 24.6 Å². The van der Waals surface area contributed by atoms with Gasteiger partial charge in [-0.25, -0.2) is 0 Å².